The molecule has 9 heteroatoms. The van der Waals surface area contributed by atoms with Gasteiger partial charge in [-0.1, -0.05) is 44.2 Å². The minimum Gasteiger partial charge on any atom is -0.444 e. The van der Waals surface area contributed by atoms with Crippen molar-refractivity contribution >= 4 is 47.7 Å². The maximum absolute atomic E-state index is 14.0. The average molecular weight is 577 g/mol. The summed E-state index contributed by atoms with van der Waals surface area (Å²) in [5.74, 6) is -0.490. The predicted molar refractivity (Wildman–Crippen MR) is 167 cm³/mol. The van der Waals surface area contributed by atoms with E-state index in [2.05, 4.69) is 34.1 Å². The van der Waals surface area contributed by atoms with Crippen molar-refractivity contribution < 1.29 is 19.1 Å². The molecule has 2 atom stereocenters. The summed E-state index contributed by atoms with van der Waals surface area (Å²) in [6.45, 7) is 12.1. The van der Waals surface area contributed by atoms with E-state index in [9.17, 15) is 14.4 Å². The van der Waals surface area contributed by atoms with E-state index in [4.69, 9.17) is 4.74 Å². The number of nitrogens with zero attached hydrogens (tertiary/aromatic N) is 2. The molecule has 1 heterocycles. The molecule has 0 aromatic heterocycles. The third kappa shape index (κ3) is 9.42. The first-order chi connectivity index (χ1) is 19.5. The van der Waals surface area contributed by atoms with Gasteiger partial charge in [0.1, 0.15) is 18.0 Å². The lowest BCUT2D eigenvalue weighted by atomic mass is 9.85. The number of aliphatic imine (C=N–C) groups is 2. The van der Waals surface area contributed by atoms with E-state index >= 15 is 0 Å². The molecule has 8 nitrogen and oxygen atoms in total. The summed E-state index contributed by atoms with van der Waals surface area (Å²) >= 11 is 1.49. The lowest BCUT2D eigenvalue weighted by Gasteiger charge is -2.24. The van der Waals surface area contributed by atoms with E-state index < -0.39 is 23.7 Å². The van der Waals surface area contributed by atoms with Crippen LogP contribution in [0.15, 0.2) is 63.9 Å². The highest BCUT2D eigenvalue weighted by molar-refractivity contribution is 7.99. The number of unbranched alkanes of at least 4 members (excludes halogenated alkanes) is 1. The van der Waals surface area contributed by atoms with E-state index in [-0.39, 0.29) is 11.7 Å². The number of ketones is 1. The van der Waals surface area contributed by atoms with Gasteiger partial charge in [-0.3, -0.25) is 14.6 Å². The lowest BCUT2D eigenvalue weighted by Crippen LogP contribution is -2.46. The summed E-state index contributed by atoms with van der Waals surface area (Å²) < 4.78 is 5.44. The quantitative estimate of drug-likeness (QED) is 0.209. The number of fused-ring (bicyclic) bond motifs is 1. The molecular formula is C32H40N4O4S. The molecule has 0 spiro atoms. The minimum atomic E-state index is -0.746. The van der Waals surface area contributed by atoms with Gasteiger partial charge in [0.2, 0.25) is 0 Å². The second kappa shape index (κ2) is 14.8. The average Bonchev–Trinajstić information content (AvgIpc) is 3.04. The first-order valence-electron chi connectivity index (χ1n) is 13.8. The Morgan fingerprint density at radius 1 is 1.15 bits per heavy atom. The number of carbonyl (C=O) groups is 3. The van der Waals surface area contributed by atoms with E-state index in [0.29, 0.717) is 24.3 Å². The van der Waals surface area contributed by atoms with Gasteiger partial charge in [0.15, 0.2) is 5.78 Å². The second-order valence-corrected chi connectivity index (χ2v) is 12.0. The van der Waals surface area contributed by atoms with Crippen LogP contribution in [0.5, 0.6) is 0 Å². The fourth-order valence-corrected chi connectivity index (χ4v) is 5.48. The zero-order chi connectivity index (χ0) is 30.0. The summed E-state index contributed by atoms with van der Waals surface area (Å²) in [5.41, 5.74) is 3.20. The molecule has 1 unspecified atom stereocenters. The number of allylic oxidation sites excluding steroid dienone is 1. The Hall–Kier alpha value is -3.72. The van der Waals surface area contributed by atoms with E-state index in [1.54, 1.807) is 40.1 Å². The van der Waals surface area contributed by atoms with Crippen molar-refractivity contribution in [3.05, 3.63) is 71.3 Å². The van der Waals surface area contributed by atoms with Gasteiger partial charge < -0.3 is 15.4 Å². The van der Waals surface area contributed by atoms with Crippen LogP contribution in [-0.4, -0.2) is 61.3 Å². The number of thioether (sulfide) groups is 1. The maximum atomic E-state index is 14.0. The molecule has 0 saturated carbocycles. The second-order valence-electron chi connectivity index (χ2n) is 10.9. The SMILES string of the molecule is C=C(C=NC=NC)c1ccc(CC2C(=O)[C@@H](NC(=O)OC(C)(C)C)CSc3ccc(C(=O)NCCCC)cc32)cc1. The van der Waals surface area contributed by atoms with Crippen molar-refractivity contribution in [1.82, 2.24) is 10.6 Å². The number of nitrogens with one attached hydrogen (secondary N) is 2. The molecule has 2 N–H and O–H groups in total. The number of carbonyl (C=O) groups excluding carboxylic acids is 3. The number of hydrogen-bond acceptors (Lipinski definition) is 6. The van der Waals surface area contributed by atoms with Crippen LogP contribution in [-0.2, 0) is 16.0 Å². The smallest absolute Gasteiger partial charge is 0.408 e. The Kier molecular flexibility index (Phi) is 11.5. The van der Waals surface area contributed by atoms with Crippen molar-refractivity contribution in [2.75, 3.05) is 19.3 Å². The Morgan fingerprint density at radius 2 is 1.85 bits per heavy atom. The lowest BCUT2D eigenvalue weighted by molar-refractivity contribution is -0.122. The van der Waals surface area contributed by atoms with Gasteiger partial charge >= 0.3 is 6.09 Å². The standard InChI is InChI=1S/C32H40N4O4S/c1-7-8-15-35-30(38)24-13-14-28-25(17-24)26(29(37)27(19-41-28)36-31(39)40-32(3,4)5)16-22-9-11-23(12-10-22)21(2)18-34-20-33-6/h9-14,17-18,20,26-27H,2,7-8,15-16,19H2,1,3-6H3,(H,35,38)(H,36,39)/t26?,27-/m0/s1. The fourth-order valence-electron chi connectivity index (χ4n) is 4.35. The number of ether oxygens (including phenoxy) is 1. The first kappa shape index (κ1) is 31.8. The van der Waals surface area contributed by atoms with Gasteiger partial charge in [-0.15, -0.1) is 11.8 Å². The fraction of sp³-hybridized carbons (Fsp3) is 0.406. The van der Waals surface area contributed by atoms with Gasteiger partial charge in [-0.25, -0.2) is 9.79 Å². The number of benzene rings is 2. The summed E-state index contributed by atoms with van der Waals surface area (Å²) in [4.78, 5) is 48.3. The Bertz CT molecular complexity index is 1310. The third-order valence-corrected chi connectivity index (χ3v) is 7.61. The highest BCUT2D eigenvalue weighted by atomic mass is 32.2. The van der Waals surface area contributed by atoms with Crippen molar-refractivity contribution in [2.24, 2.45) is 9.98 Å². The molecule has 1 aliphatic rings. The van der Waals surface area contributed by atoms with Crippen molar-refractivity contribution in [3.63, 3.8) is 0 Å². The molecular weight excluding hydrogens is 536 g/mol. The van der Waals surface area contributed by atoms with Crippen LogP contribution in [0.3, 0.4) is 0 Å². The summed E-state index contributed by atoms with van der Waals surface area (Å²) in [6.07, 6.45) is 4.75. The third-order valence-electron chi connectivity index (χ3n) is 6.42. The number of alkyl carbamates (subject to hydrolysis) is 1. The minimum absolute atomic E-state index is 0.120. The summed E-state index contributed by atoms with van der Waals surface area (Å²) in [7, 11) is 1.65. The van der Waals surface area contributed by atoms with Crippen LogP contribution in [0.1, 0.15) is 73.5 Å². The Labute approximate surface area is 247 Å². The number of rotatable bonds is 10. The maximum Gasteiger partial charge on any atom is 0.408 e. The topological polar surface area (TPSA) is 109 Å². The van der Waals surface area contributed by atoms with Crippen LogP contribution in [0.25, 0.3) is 5.57 Å². The molecule has 2 amide bonds. The molecule has 41 heavy (non-hydrogen) atoms. The van der Waals surface area contributed by atoms with Crippen LogP contribution in [0.4, 0.5) is 4.79 Å². The number of Topliss-reactive ketones (excluding diaryl/α,β-unsaturated/α-hetero) is 1. The summed E-state index contributed by atoms with van der Waals surface area (Å²) in [6, 6.07) is 12.6. The molecule has 218 valence electrons. The molecule has 0 radical (unpaired) electrons. The van der Waals surface area contributed by atoms with Gasteiger partial charge in [0.05, 0.1) is 5.92 Å². The van der Waals surface area contributed by atoms with Crippen LogP contribution < -0.4 is 10.6 Å². The van der Waals surface area contributed by atoms with Gasteiger partial charge in [0.25, 0.3) is 5.91 Å². The molecule has 2 aromatic carbocycles. The zero-order valence-corrected chi connectivity index (χ0v) is 25.3. The molecule has 0 aliphatic carbocycles. The summed E-state index contributed by atoms with van der Waals surface area (Å²) in [5, 5.41) is 5.75. The molecule has 0 saturated heterocycles. The first-order valence-corrected chi connectivity index (χ1v) is 14.8. The van der Waals surface area contributed by atoms with E-state index in [1.807, 2.05) is 36.4 Å². The highest BCUT2D eigenvalue weighted by Gasteiger charge is 2.35. The highest BCUT2D eigenvalue weighted by Crippen LogP contribution is 2.37. The van der Waals surface area contributed by atoms with Crippen molar-refractivity contribution in [2.45, 2.75) is 69.4 Å². The predicted octanol–water partition coefficient (Wildman–Crippen LogP) is 5.85. The monoisotopic (exact) mass is 576 g/mol. The Morgan fingerprint density at radius 3 is 2.51 bits per heavy atom. The molecule has 0 fully saturated rings. The van der Waals surface area contributed by atoms with E-state index in [1.165, 1.54) is 18.1 Å². The van der Waals surface area contributed by atoms with Gasteiger partial charge in [-0.2, -0.15) is 0 Å². The molecule has 0 bridgehead atoms. The van der Waals surface area contributed by atoms with Crippen molar-refractivity contribution in [1.29, 1.82) is 0 Å². The van der Waals surface area contributed by atoms with E-state index in [0.717, 1.165) is 40.0 Å². The van der Waals surface area contributed by atoms with Gasteiger partial charge in [0, 0.05) is 36.0 Å². The van der Waals surface area contributed by atoms with Crippen LogP contribution >= 0.6 is 11.8 Å². The van der Waals surface area contributed by atoms with Gasteiger partial charge in [-0.05, 0) is 74.1 Å². The Balaban J connectivity index is 1.92. The van der Waals surface area contributed by atoms with Crippen LogP contribution in [0.2, 0.25) is 0 Å². The van der Waals surface area contributed by atoms with Crippen molar-refractivity contribution in [3.8, 4) is 0 Å². The number of hydrogen-bond donors (Lipinski definition) is 2. The molecule has 1 aliphatic heterocycles. The zero-order valence-electron chi connectivity index (χ0n) is 24.5. The largest absolute Gasteiger partial charge is 0.444 e. The van der Waals surface area contributed by atoms with Crippen LogP contribution in [0, 0.1) is 0 Å². The number of amides is 2. The normalized spacial score (nSPS) is 17.2. The molecule has 2 aromatic rings. The molecule has 3 rings (SSSR count).